The molecule has 0 saturated heterocycles. The largest absolute Gasteiger partial charge is 0.476 e. The average Bonchev–Trinajstić information content (AvgIpc) is 2.81. The molecule has 2 aromatic rings. The third kappa shape index (κ3) is 3.00. The molecule has 0 spiro atoms. The maximum Gasteiger partial charge on any atom is 0.355 e. The Kier molecular flexibility index (Phi) is 3.84. The number of nitrogens with zero attached hydrogens (tertiary/aromatic N) is 2. The van der Waals surface area contributed by atoms with Gasteiger partial charge in [0.1, 0.15) is 0 Å². The summed E-state index contributed by atoms with van der Waals surface area (Å²) in [4.78, 5) is 16.7. The van der Waals surface area contributed by atoms with Crippen LogP contribution < -0.4 is 4.90 Å². The third-order valence-corrected chi connectivity index (χ3v) is 3.58. The Labute approximate surface area is 113 Å². The van der Waals surface area contributed by atoms with Crippen molar-refractivity contribution in [2.45, 2.75) is 6.54 Å². The second-order valence-corrected chi connectivity index (χ2v) is 5.08. The number of benzene rings is 1. The van der Waals surface area contributed by atoms with Crippen LogP contribution in [0, 0.1) is 0 Å². The highest BCUT2D eigenvalue weighted by molar-refractivity contribution is 7.13. The van der Waals surface area contributed by atoms with Crippen molar-refractivity contribution in [2.75, 3.05) is 11.9 Å². The van der Waals surface area contributed by atoms with E-state index in [4.69, 9.17) is 16.7 Å². The van der Waals surface area contributed by atoms with Gasteiger partial charge in [0, 0.05) is 24.0 Å². The molecule has 0 unspecified atom stereocenters. The topological polar surface area (TPSA) is 53.4 Å². The van der Waals surface area contributed by atoms with Crippen molar-refractivity contribution in [1.82, 2.24) is 4.98 Å². The molecule has 1 aromatic carbocycles. The summed E-state index contributed by atoms with van der Waals surface area (Å²) in [5.41, 5.74) is 1.17. The van der Waals surface area contributed by atoms with Gasteiger partial charge in [0.15, 0.2) is 10.8 Å². The van der Waals surface area contributed by atoms with Crippen molar-refractivity contribution in [3.63, 3.8) is 0 Å². The van der Waals surface area contributed by atoms with E-state index >= 15 is 0 Å². The summed E-state index contributed by atoms with van der Waals surface area (Å²) < 4.78 is 0. The molecule has 6 heteroatoms. The zero-order chi connectivity index (χ0) is 13.1. The lowest BCUT2D eigenvalue weighted by molar-refractivity contribution is 0.0691. The van der Waals surface area contributed by atoms with Crippen molar-refractivity contribution < 1.29 is 9.90 Å². The first-order chi connectivity index (χ1) is 8.56. The van der Waals surface area contributed by atoms with E-state index in [1.165, 1.54) is 16.7 Å². The molecule has 1 N–H and O–H groups in total. The molecule has 0 amide bonds. The first-order valence-corrected chi connectivity index (χ1v) is 6.46. The third-order valence-electron chi connectivity index (χ3n) is 2.37. The zero-order valence-corrected chi connectivity index (χ0v) is 11.2. The van der Waals surface area contributed by atoms with Crippen LogP contribution in [-0.4, -0.2) is 23.1 Å². The Balaban J connectivity index is 2.09. The molecule has 0 saturated carbocycles. The Morgan fingerprint density at radius 2 is 2.11 bits per heavy atom. The lowest BCUT2D eigenvalue weighted by Crippen LogP contribution is -2.16. The number of rotatable bonds is 4. The molecule has 0 bridgehead atoms. The molecule has 0 aliphatic heterocycles. The summed E-state index contributed by atoms with van der Waals surface area (Å²) in [6.07, 6.45) is 0. The summed E-state index contributed by atoms with van der Waals surface area (Å²) in [5, 5.41) is 11.7. The van der Waals surface area contributed by atoms with Gasteiger partial charge < -0.3 is 10.0 Å². The molecule has 94 valence electrons. The van der Waals surface area contributed by atoms with Gasteiger partial charge in [-0.15, -0.1) is 11.3 Å². The van der Waals surface area contributed by atoms with Gasteiger partial charge in [-0.05, 0) is 17.7 Å². The highest BCUT2D eigenvalue weighted by Gasteiger charge is 2.11. The summed E-state index contributed by atoms with van der Waals surface area (Å²) in [5.74, 6) is -1.00. The van der Waals surface area contributed by atoms with Gasteiger partial charge in [-0.3, -0.25) is 0 Å². The molecule has 1 aromatic heterocycles. The quantitative estimate of drug-likeness (QED) is 0.936. The minimum Gasteiger partial charge on any atom is -0.476 e. The summed E-state index contributed by atoms with van der Waals surface area (Å²) in [6, 6.07) is 7.53. The highest BCUT2D eigenvalue weighted by Crippen LogP contribution is 2.21. The van der Waals surface area contributed by atoms with Crippen molar-refractivity contribution in [3.8, 4) is 0 Å². The van der Waals surface area contributed by atoms with Crippen LogP contribution in [0.15, 0.2) is 29.6 Å². The Hall–Kier alpha value is -1.59. The molecule has 0 aliphatic rings. The fraction of sp³-hybridized carbons (Fsp3) is 0.167. The molecule has 1 heterocycles. The van der Waals surface area contributed by atoms with Crippen LogP contribution >= 0.6 is 22.9 Å². The molecule has 4 nitrogen and oxygen atoms in total. The van der Waals surface area contributed by atoms with E-state index in [9.17, 15) is 4.79 Å². The van der Waals surface area contributed by atoms with Gasteiger partial charge in [0.05, 0.1) is 0 Å². The van der Waals surface area contributed by atoms with Crippen molar-refractivity contribution in [3.05, 3.63) is 45.9 Å². The van der Waals surface area contributed by atoms with Gasteiger partial charge >= 0.3 is 5.97 Å². The van der Waals surface area contributed by atoms with E-state index in [0.717, 1.165) is 5.56 Å². The van der Waals surface area contributed by atoms with Crippen LogP contribution in [0.5, 0.6) is 0 Å². The van der Waals surface area contributed by atoms with Crippen LogP contribution in [0.1, 0.15) is 16.1 Å². The van der Waals surface area contributed by atoms with Crippen LogP contribution in [0.25, 0.3) is 0 Å². The fourth-order valence-corrected chi connectivity index (χ4v) is 2.36. The number of hydrogen-bond donors (Lipinski definition) is 1. The van der Waals surface area contributed by atoms with E-state index in [1.807, 2.05) is 36.2 Å². The number of carboxylic acid groups (broad SMARTS) is 1. The number of carbonyl (C=O) groups is 1. The molecule has 2 rings (SSSR count). The monoisotopic (exact) mass is 282 g/mol. The van der Waals surface area contributed by atoms with Gasteiger partial charge in [-0.25, -0.2) is 9.78 Å². The van der Waals surface area contributed by atoms with Crippen LogP contribution in [0.3, 0.4) is 0 Å². The summed E-state index contributed by atoms with van der Waals surface area (Å²) in [7, 11) is 1.87. The number of aromatic nitrogens is 1. The van der Waals surface area contributed by atoms with Gasteiger partial charge in [0.25, 0.3) is 0 Å². The number of anilines is 1. The number of thiazole rings is 1. The van der Waals surface area contributed by atoms with Crippen molar-refractivity contribution in [2.24, 2.45) is 0 Å². The predicted molar refractivity (Wildman–Crippen MR) is 72.6 cm³/mol. The van der Waals surface area contributed by atoms with Crippen molar-refractivity contribution >= 4 is 34.0 Å². The molecule has 18 heavy (non-hydrogen) atoms. The Morgan fingerprint density at radius 3 is 2.67 bits per heavy atom. The minimum absolute atomic E-state index is 0.0814. The van der Waals surface area contributed by atoms with Crippen LogP contribution in [0.2, 0.25) is 5.02 Å². The molecule has 0 aliphatic carbocycles. The van der Waals surface area contributed by atoms with Crippen molar-refractivity contribution in [1.29, 1.82) is 0 Å². The van der Waals surface area contributed by atoms with E-state index in [-0.39, 0.29) is 5.69 Å². The first-order valence-electron chi connectivity index (χ1n) is 5.20. The second kappa shape index (κ2) is 5.37. The second-order valence-electron chi connectivity index (χ2n) is 3.80. The smallest absolute Gasteiger partial charge is 0.355 e. The number of halogens is 1. The zero-order valence-electron chi connectivity index (χ0n) is 9.63. The Bertz CT molecular complexity index is 553. The van der Waals surface area contributed by atoms with E-state index in [2.05, 4.69) is 4.98 Å². The SMILES string of the molecule is CN(Cc1ccc(Cl)cc1)c1nc(C(=O)O)cs1. The van der Waals surface area contributed by atoms with Gasteiger partial charge in [-0.2, -0.15) is 0 Å². The standard InChI is InChI=1S/C12H11ClN2O2S/c1-15(6-8-2-4-9(13)5-3-8)12-14-10(7-18-12)11(16)17/h2-5,7H,6H2,1H3,(H,16,17). The molecule has 0 radical (unpaired) electrons. The predicted octanol–water partition coefficient (Wildman–Crippen LogP) is 3.13. The number of aromatic carboxylic acids is 1. The lowest BCUT2D eigenvalue weighted by Gasteiger charge is -2.15. The average molecular weight is 283 g/mol. The van der Waals surface area contributed by atoms with Crippen LogP contribution in [-0.2, 0) is 6.54 Å². The molecular weight excluding hydrogens is 272 g/mol. The number of carboxylic acids is 1. The molecule has 0 atom stereocenters. The maximum absolute atomic E-state index is 10.7. The van der Waals surface area contributed by atoms with E-state index < -0.39 is 5.97 Å². The van der Waals surface area contributed by atoms with E-state index in [0.29, 0.717) is 16.7 Å². The minimum atomic E-state index is -1.00. The summed E-state index contributed by atoms with van der Waals surface area (Å²) in [6.45, 7) is 0.656. The molecule has 0 fully saturated rings. The molecular formula is C12H11ClN2O2S. The van der Waals surface area contributed by atoms with E-state index in [1.54, 1.807) is 0 Å². The fourth-order valence-electron chi connectivity index (χ4n) is 1.47. The van der Waals surface area contributed by atoms with Crippen LogP contribution in [0.4, 0.5) is 5.13 Å². The maximum atomic E-state index is 10.7. The Morgan fingerprint density at radius 1 is 1.44 bits per heavy atom. The van der Waals surface area contributed by atoms with Gasteiger partial charge in [0.2, 0.25) is 0 Å². The highest BCUT2D eigenvalue weighted by atomic mass is 35.5. The lowest BCUT2D eigenvalue weighted by atomic mass is 10.2. The van der Waals surface area contributed by atoms with Gasteiger partial charge in [-0.1, -0.05) is 23.7 Å². The number of hydrogen-bond acceptors (Lipinski definition) is 4. The summed E-state index contributed by atoms with van der Waals surface area (Å²) >= 11 is 7.13. The normalized spacial score (nSPS) is 10.3. The first kappa shape index (κ1) is 12.9.